The molecule has 0 radical (unpaired) electrons. The van der Waals surface area contributed by atoms with Crippen molar-refractivity contribution in [1.29, 1.82) is 0 Å². The molecule has 0 aromatic rings. The van der Waals surface area contributed by atoms with E-state index >= 15 is 0 Å². The zero-order chi connectivity index (χ0) is 15.3. The van der Waals surface area contributed by atoms with Crippen molar-refractivity contribution in [3.05, 3.63) is 0 Å². The topological polar surface area (TPSA) is 58.4 Å². The zero-order valence-corrected chi connectivity index (χ0v) is 16.3. The highest BCUT2D eigenvalue weighted by molar-refractivity contribution is 5.85. The summed E-state index contributed by atoms with van der Waals surface area (Å²) in [6.45, 7) is 4.52. The Balaban J connectivity index is 0.00000104. The van der Waals surface area contributed by atoms with Crippen LogP contribution in [0.1, 0.15) is 51.9 Å². The van der Waals surface area contributed by atoms with Gasteiger partial charge in [-0.2, -0.15) is 0 Å². The molecule has 0 aromatic heterocycles. The van der Waals surface area contributed by atoms with E-state index in [2.05, 4.69) is 17.1 Å². The lowest BCUT2D eigenvalue weighted by atomic mass is 9.65. The summed E-state index contributed by atoms with van der Waals surface area (Å²) in [4.78, 5) is 15.3. The van der Waals surface area contributed by atoms with E-state index < -0.39 is 0 Å². The van der Waals surface area contributed by atoms with Crippen molar-refractivity contribution in [2.75, 3.05) is 13.1 Å². The highest BCUT2D eigenvalue weighted by Gasteiger charge is 2.43. The predicted molar refractivity (Wildman–Crippen MR) is 102 cm³/mol. The Morgan fingerprint density at radius 2 is 1.67 bits per heavy atom. The minimum Gasteiger partial charge on any atom is -0.352 e. The molecule has 0 spiro atoms. The fourth-order valence-electron chi connectivity index (χ4n) is 5.23. The van der Waals surface area contributed by atoms with Crippen molar-refractivity contribution in [2.45, 2.75) is 70.0 Å². The molecule has 1 saturated heterocycles. The van der Waals surface area contributed by atoms with Crippen molar-refractivity contribution >= 4 is 30.7 Å². The maximum Gasteiger partial charge on any atom is 0.223 e. The fourth-order valence-corrected chi connectivity index (χ4v) is 5.23. The normalized spacial score (nSPS) is 41.9. The maximum atomic E-state index is 12.8. The Bertz CT molecular complexity index is 432. The summed E-state index contributed by atoms with van der Waals surface area (Å²) in [5, 5.41) is 3.39. The molecular formula is C18H33Cl2N3O. The summed E-state index contributed by atoms with van der Waals surface area (Å²) in [5.74, 6) is 2.31. The number of hydrogen-bond acceptors (Lipinski definition) is 3. The van der Waals surface area contributed by atoms with Crippen LogP contribution in [0, 0.1) is 23.7 Å². The van der Waals surface area contributed by atoms with Gasteiger partial charge in [-0.15, -0.1) is 24.8 Å². The van der Waals surface area contributed by atoms with E-state index in [1.54, 1.807) is 0 Å². The van der Waals surface area contributed by atoms with Gasteiger partial charge in [0.2, 0.25) is 5.91 Å². The Hall–Kier alpha value is -0.0300. The predicted octanol–water partition coefficient (Wildman–Crippen LogP) is 2.58. The van der Waals surface area contributed by atoms with Crippen LogP contribution in [0.3, 0.4) is 0 Å². The fraction of sp³-hybridized carbons (Fsp3) is 0.944. The third kappa shape index (κ3) is 4.03. The van der Waals surface area contributed by atoms with Crippen molar-refractivity contribution in [1.82, 2.24) is 10.2 Å². The molecule has 1 aliphatic heterocycles. The summed E-state index contributed by atoms with van der Waals surface area (Å²) >= 11 is 0. The van der Waals surface area contributed by atoms with Crippen LogP contribution in [0.15, 0.2) is 0 Å². The summed E-state index contributed by atoms with van der Waals surface area (Å²) < 4.78 is 0. The van der Waals surface area contributed by atoms with Gasteiger partial charge in [-0.1, -0.05) is 13.3 Å². The molecule has 2 bridgehead atoms. The summed E-state index contributed by atoms with van der Waals surface area (Å²) in [5.41, 5.74) is 6.35. The Kier molecular flexibility index (Phi) is 6.86. The maximum absolute atomic E-state index is 12.8. The van der Waals surface area contributed by atoms with Crippen LogP contribution in [0.4, 0.5) is 0 Å². The average Bonchev–Trinajstić information content (AvgIpc) is 3.24. The van der Waals surface area contributed by atoms with Gasteiger partial charge in [0.05, 0.1) is 0 Å². The van der Waals surface area contributed by atoms with Gasteiger partial charge in [0, 0.05) is 37.1 Å². The number of halogens is 2. The monoisotopic (exact) mass is 377 g/mol. The standard InChI is InChI=1S/C18H31N3O.2ClH/c1-11-9-21(15-5-6-15)10-16(11)20-18(22)14-7-12-3-2-4-13(8-14)17(12)19;;/h11-17H,2-10,19H2,1H3,(H,20,22);2*1H. The van der Waals surface area contributed by atoms with E-state index in [-0.39, 0.29) is 30.7 Å². The van der Waals surface area contributed by atoms with Crippen LogP contribution in [0.25, 0.3) is 0 Å². The van der Waals surface area contributed by atoms with Gasteiger partial charge in [0.25, 0.3) is 0 Å². The molecule has 0 aromatic carbocycles. The van der Waals surface area contributed by atoms with Gasteiger partial charge >= 0.3 is 0 Å². The quantitative estimate of drug-likeness (QED) is 0.794. The number of carbonyl (C=O) groups is 1. The van der Waals surface area contributed by atoms with Crippen LogP contribution < -0.4 is 11.1 Å². The Morgan fingerprint density at radius 3 is 2.25 bits per heavy atom. The lowest BCUT2D eigenvalue weighted by molar-refractivity contribution is -0.128. The van der Waals surface area contributed by atoms with E-state index in [4.69, 9.17) is 5.73 Å². The van der Waals surface area contributed by atoms with Crippen molar-refractivity contribution < 1.29 is 4.79 Å². The number of amides is 1. The van der Waals surface area contributed by atoms with Gasteiger partial charge < -0.3 is 11.1 Å². The molecule has 4 atom stereocenters. The van der Waals surface area contributed by atoms with Gasteiger partial charge in [0.15, 0.2) is 0 Å². The molecule has 4 unspecified atom stereocenters. The number of likely N-dealkylation sites (tertiary alicyclic amines) is 1. The number of carbonyl (C=O) groups excluding carboxylic acids is 1. The molecule has 1 amide bonds. The van der Waals surface area contributed by atoms with Crippen LogP contribution in [0.2, 0.25) is 0 Å². The summed E-state index contributed by atoms with van der Waals surface area (Å²) in [6.07, 6.45) is 8.54. The highest BCUT2D eigenvalue weighted by Crippen LogP contribution is 2.42. The van der Waals surface area contributed by atoms with E-state index in [0.717, 1.165) is 32.0 Å². The molecular weight excluding hydrogens is 345 g/mol. The first-order valence-corrected chi connectivity index (χ1v) is 9.42. The van der Waals surface area contributed by atoms with Crippen LogP contribution >= 0.6 is 24.8 Å². The SMILES string of the molecule is CC1CN(C2CC2)CC1NC(=O)C1CC2CCCC(C1)C2N.Cl.Cl. The van der Waals surface area contributed by atoms with E-state index in [1.165, 1.54) is 32.1 Å². The second-order valence-corrected chi connectivity index (χ2v) is 8.47. The number of rotatable bonds is 3. The molecule has 24 heavy (non-hydrogen) atoms. The lowest BCUT2D eigenvalue weighted by Crippen LogP contribution is -2.51. The first-order valence-electron chi connectivity index (χ1n) is 9.42. The molecule has 3 aliphatic carbocycles. The molecule has 4 nitrogen and oxygen atoms in total. The Morgan fingerprint density at radius 1 is 1.04 bits per heavy atom. The third-order valence-electron chi connectivity index (χ3n) is 6.82. The second-order valence-electron chi connectivity index (χ2n) is 8.47. The van der Waals surface area contributed by atoms with Crippen LogP contribution in [-0.4, -0.2) is 42.0 Å². The number of nitrogens with zero attached hydrogens (tertiary/aromatic N) is 1. The zero-order valence-electron chi connectivity index (χ0n) is 14.7. The molecule has 3 saturated carbocycles. The summed E-state index contributed by atoms with van der Waals surface area (Å²) in [7, 11) is 0. The molecule has 6 heteroatoms. The third-order valence-corrected chi connectivity index (χ3v) is 6.82. The van der Waals surface area contributed by atoms with Crippen molar-refractivity contribution in [2.24, 2.45) is 29.4 Å². The minimum atomic E-state index is 0. The number of nitrogens with one attached hydrogen (secondary N) is 1. The first kappa shape index (κ1) is 20.3. The van der Waals surface area contributed by atoms with Crippen molar-refractivity contribution in [3.8, 4) is 0 Å². The minimum absolute atomic E-state index is 0. The van der Waals surface area contributed by atoms with Gasteiger partial charge in [-0.3, -0.25) is 9.69 Å². The largest absolute Gasteiger partial charge is 0.352 e. The second kappa shape index (κ2) is 8.11. The molecule has 4 rings (SSSR count). The smallest absolute Gasteiger partial charge is 0.223 e. The molecule has 4 fully saturated rings. The van der Waals surface area contributed by atoms with E-state index in [0.29, 0.717) is 35.7 Å². The number of fused-ring (bicyclic) bond motifs is 2. The number of nitrogens with two attached hydrogens (primary N) is 1. The van der Waals surface area contributed by atoms with Crippen LogP contribution in [-0.2, 0) is 4.79 Å². The van der Waals surface area contributed by atoms with E-state index in [1.807, 2.05) is 0 Å². The van der Waals surface area contributed by atoms with E-state index in [9.17, 15) is 4.79 Å². The highest BCUT2D eigenvalue weighted by atomic mass is 35.5. The van der Waals surface area contributed by atoms with Gasteiger partial charge in [0.1, 0.15) is 0 Å². The molecule has 1 heterocycles. The Labute approximate surface area is 158 Å². The van der Waals surface area contributed by atoms with Crippen LogP contribution in [0.5, 0.6) is 0 Å². The van der Waals surface area contributed by atoms with Crippen molar-refractivity contribution in [3.63, 3.8) is 0 Å². The molecule has 3 N–H and O–H groups in total. The van der Waals surface area contributed by atoms with Gasteiger partial charge in [-0.05, 0) is 56.3 Å². The lowest BCUT2D eigenvalue weighted by Gasteiger charge is -2.43. The van der Waals surface area contributed by atoms with Gasteiger partial charge in [-0.25, -0.2) is 0 Å². The molecule has 140 valence electrons. The first-order chi connectivity index (χ1) is 10.6. The number of hydrogen-bond donors (Lipinski definition) is 2. The molecule has 4 aliphatic rings. The summed E-state index contributed by atoms with van der Waals surface area (Å²) in [6, 6.07) is 1.54. The average molecular weight is 378 g/mol.